The molecule has 0 rings (SSSR count). The summed E-state index contributed by atoms with van der Waals surface area (Å²) in [6, 6.07) is -15.8. The third-order valence-corrected chi connectivity index (χ3v) is 12.0. The quantitative estimate of drug-likeness (QED) is 0.0118. The van der Waals surface area contributed by atoms with Crippen molar-refractivity contribution in [3.63, 3.8) is 0 Å². The average Bonchev–Trinajstić information content (AvgIpc) is 3.35. The van der Waals surface area contributed by atoms with Gasteiger partial charge in [-0.3, -0.25) is 62.5 Å². The van der Waals surface area contributed by atoms with E-state index in [-0.39, 0.29) is 44.7 Å². The van der Waals surface area contributed by atoms with Crippen LogP contribution < -0.4 is 82.3 Å². The summed E-state index contributed by atoms with van der Waals surface area (Å²) in [5, 5.41) is 49.4. The number of carboxylic acid groups (broad SMARTS) is 2. The molecule has 24 N–H and O–H groups in total. The van der Waals surface area contributed by atoms with Crippen molar-refractivity contribution in [3.05, 3.63) is 0 Å². The van der Waals surface area contributed by atoms with Crippen LogP contribution in [0.25, 0.3) is 0 Å². The molecule has 436 valence electrons. The molecule has 0 bridgehead atoms. The fourth-order valence-corrected chi connectivity index (χ4v) is 7.42. The molecule has 77 heavy (non-hydrogen) atoms. The Morgan fingerprint density at radius 3 is 1.14 bits per heavy atom. The molecule has 0 aliphatic heterocycles. The zero-order valence-electron chi connectivity index (χ0n) is 41.8. The van der Waals surface area contributed by atoms with E-state index in [2.05, 4.69) is 98.0 Å². The Morgan fingerprint density at radius 1 is 0.468 bits per heavy atom. The van der Waals surface area contributed by atoms with Crippen LogP contribution in [-0.4, -0.2) is 201 Å². The number of aliphatic hydroxyl groups excluding tert-OH is 1. The van der Waals surface area contributed by atoms with Gasteiger partial charge >= 0.3 is 11.9 Å². The summed E-state index contributed by atoms with van der Waals surface area (Å²) in [5.41, 5.74) is 32.4. The Hall–Kier alpha value is -6.34. The lowest BCUT2D eigenvalue weighted by atomic mass is 10.0. The number of nitrogens with one attached hydrogen (secondary N) is 9. The molecule has 11 atom stereocenters. The molecule has 0 aromatic carbocycles. The first kappa shape index (κ1) is 70.7. The van der Waals surface area contributed by atoms with Crippen LogP contribution in [0, 0.1) is 0 Å². The Morgan fingerprint density at radius 2 is 0.805 bits per heavy atom. The Kier molecular flexibility index (Phi) is 34.4. The molecule has 0 aliphatic carbocycles. The van der Waals surface area contributed by atoms with Crippen molar-refractivity contribution in [3.8, 4) is 0 Å². The summed E-state index contributed by atoms with van der Waals surface area (Å²) < 4.78 is 0. The summed E-state index contributed by atoms with van der Waals surface area (Å²) in [6.07, 6.45) is -3.92. The maximum absolute atomic E-state index is 14.0. The average molecular weight is 1170 g/mol. The SMILES string of the molecule is C[C@@H](O)[C@H](NC(=O)[C@H](CCC(=O)O)NC(=O)[C@H](CCCN=C(N)N)NC(=O)[C@H](CCCCN)NC(=O)[C@H](CS)NC(=O)[C@H](CS)NC(=O)[C@H](CS)NC(=O)[C@H](CS)NC(=O)[C@H](CC(N)=O)NC(=O)[C@@H](N)CC(N)=O)C(=O)O. The van der Waals surface area contributed by atoms with Gasteiger partial charge in [-0.1, -0.05) is 0 Å². The van der Waals surface area contributed by atoms with Crippen molar-refractivity contribution < 1.29 is 77.6 Å². The molecule has 0 saturated carbocycles. The fourth-order valence-electron chi connectivity index (χ4n) is 6.39. The van der Waals surface area contributed by atoms with E-state index in [1.807, 2.05) is 5.32 Å². The van der Waals surface area contributed by atoms with Gasteiger partial charge in [0.05, 0.1) is 25.0 Å². The van der Waals surface area contributed by atoms with Crippen LogP contribution in [0.4, 0.5) is 0 Å². The van der Waals surface area contributed by atoms with Crippen LogP contribution in [0.3, 0.4) is 0 Å². The Labute approximate surface area is 463 Å². The number of guanidine groups is 1. The number of hydrogen-bond acceptors (Lipinski definition) is 21. The molecular formula is C41H72N16O16S4. The number of carboxylic acids is 2. The van der Waals surface area contributed by atoms with Gasteiger partial charge in [0, 0.05) is 36.0 Å². The van der Waals surface area contributed by atoms with Crippen molar-refractivity contribution in [1.82, 2.24) is 47.9 Å². The second-order valence-electron chi connectivity index (χ2n) is 16.9. The summed E-state index contributed by atoms with van der Waals surface area (Å²) >= 11 is 16.5. The Bertz CT molecular complexity index is 2110. The molecule has 0 unspecified atom stereocenters. The zero-order valence-corrected chi connectivity index (χ0v) is 45.4. The molecule has 0 fully saturated rings. The number of nitrogens with two attached hydrogens (primary N) is 6. The van der Waals surface area contributed by atoms with E-state index in [9.17, 15) is 77.6 Å². The van der Waals surface area contributed by atoms with E-state index in [0.717, 1.165) is 6.92 Å². The summed E-state index contributed by atoms with van der Waals surface area (Å²) in [4.78, 5) is 170. The third kappa shape index (κ3) is 28.0. The molecule has 36 heteroatoms. The normalized spacial score (nSPS) is 15.2. The van der Waals surface area contributed by atoms with Crippen LogP contribution in [0.1, 0.15) is 64.7 Å². The fraction of sp³-hybridized carbons (Fsp3) is 0.659. The van der Waals surface area contributed by atoms with Crippen LogP contribution in [-0.2, 0) is 62.3 Å². The van der Waals surface area contributed by atoms with Crippen LogP contribution in [0.5, 0.6) is 0 Å². The van der Waals surface area contributed by atoms with Crippen molar-refractivity contribution in [2.75, 3.05) is 36.1 Å². The number of hydrogen-bond donors (Lipinski definition) is 22. The van der Waals surface area contributed by atoms with Gasteiger partial charge in [0.2, 0.25) is 65.0 Å². The topological polar surface area (TPSA) is 559 Å². The third-order valence-electron chi connectivity index (χ3n) is 10.5. The minimum Gasteiger partial charge on any atom is -0.481 e. The first-order chi connectivity index (χ1) is 36.1. The minimum absolute atomic E-state index is 0.0304. The molecule has 0 aromatic heterocycles. The highest BCUT2D eigenvalue weighted by molar-refractivity contribution is 7.80. The maximum Gasteiger partial charge on any atom is 0.328 e. The maximum atomic E-state index is 14.0. The lowest BCUT2D eigenvalue weighted by Crippen LogP contribution is -2.61. The van der Waals surface area contributed by atoms with Gasteiger partial charge in [-0.15, -0.1) is 0 Å². The highest BCUT2D eigenvalue weighted by Gasteiger charge is 2.36. The molecule has 32 nitrogen and oxygen atoms in total. The van der Waals surface area contributed by atoms with Gasteiger partial charge in [0.15, 0.2) is 12.0 Å². The van der Waals surface area contributed by atoms with Gasteiger partial charge in [-0.05, 0) is 52.0 Å². The van der Waals surface area contributed by atoms with Gasteiger partial charge in [-0.25, -0.2) is 4.79 Å². The lowest BCUT2D eigenvalue weighted by molar-refractivity contribution is -0.145. The minimum atomic E-state index is -1.85. The highest BCUT2D eigenvalue weighted by atomic mass is 32.1. The molecule has 0 heterocycles. The predicted molar refractivity (Wildman–Crippen MR) is 287 cm³/mol. The van der Waals surface area contributed by atoms with E-state index in [0.29, 0.717) is 6.42 Å². The van der Waals surface area contributed by atoms with Crippen molar-refractivity contribution >= 4 is 133 Å². The number of nitrogens with zero attached hydrogens (tertiary/aromatic N) is 1. The van der Waals surface area contributed by atoms with Gasteiger partial charge in [0.25, 0.3) is 0 Å². The molecule has 0 saturated heterocycles. The number of aliphatic carboxylic acids is 2. The smallest absolute Gasteiger partial charge is 0.328 e. The summed E-state index contributed by atoms with van der Waals surface area (Å²) in [7, 11) is 0. The molecular weight excluding hydrogens is 1100 g/mol. The number of thiol groups is 4. The van der Waals surface area contributed by atoms with Crippen molar-refractivity contribution in [2.24, 2.45) is 39.4 Å². The largest absolute Gasteiger partial charge is 0.481 e. The van der Waals surface area contributed by atoms with E-state index in [4.69, 9.17) is 34.4 Å². The standard InChI is InChI=1S/C41H72N16O16S4/c1-17(58)30(40(72)73)57-34(66)21(7-8-29(61)62)51-33(65)20(6-4-10-48-41(46)47)49-32(64)19(5-2-3-9-42)50-36(68)23(13-74)54-38(70)25(15-76)56-39(71)26(16-77)55-37(69)24(14-75)53-35(67)22(12-28(45)60)52-31(63)18(43)11-27(44)59/h17-26,30,58,74-77H,2-16,42-43H2,1H3,(H2,44,59)(H2,45,60)(H,49,64)(H,50,68)(H,51,65)(H,52,63)(H,53,67)(H,54,70)(H,55,69)(H,56,71)(H,57,66)(H,61,62)(H,72,73)(H4,46,47,48)/t17-,18+,19+,20+,21+,22+,23+,24+,25+,26+,30+/m1/s1. The van der Waals surface area contributed by atoms with Crippen molar-refractivity contribution in [2.45, 2.75) is 131 Å². The lowest BCUT2D eigenvalue weighted by Gasteiger charge is -2.27. The first-order valence-electron chi connectivity index (χ1n) is 23.4. The van der Waals surface area contributed by atoms with Crippen LogP contribution >= 0.6 is 50.5 Å². The van der Waals surface area contributed by atoms with Crippen LogP contribution in [0.15, 0.2) is 4.99 Å². The number of rotatable bonds is 39. The molecule has 11 amide bonds. The number of amides is 11. The van der Waals surface area contributed by atoms with Gasteiger partial charge < -0.3 is 97.6 Å². The molecule has 0 aliphatic rings. The predicted octanol–water partition coefficient (Wildman–Crippen LogP) is -9.34. The zero-order chi connectivity index (χ0) is 59.1. The highest BCUT2D eigenvalue weighted by Crippen LogP contribution is 2.09. The monoisotopic (exact) mass is 1170 g/mol. The number of primary amides is 2. The number of carbonyl (C=O) groups excluding carboxylic acids is 11. The van der Waals surface area contributed by atoms with E-state index < -0.39 is 192 Å². The second kappa shape index (κ2) is 37.4. The number of unbranched alkanes of at least 4 members (excludes halogenated alkanes) is 1. The van der Waals surface area contributed by atoms with Gasteiger partial charge in [-0.2, -0.15) is 50.5 Å². The molecule has 0 radical (unpaired) electrons. The van der Waals surface area contributed by atoms with E-state index in [1.54, 1.807) is 0 Å². The van der Waals surface area contributed by atoms with Gasteiger partial charge in [0.1, 0.15) is 48.3 Å². The van der Waals surface area contributed by atoms with Crippen molar-refractivity contribution in [1.29, 1.82) is 0 Å². The number of carbonyl (C=O) groups is 13. The first-order valence-corrected chi connectivity index (χ1v) is 26.0. The molecule has 0 spiro atoms. The van der Waals surface area contributed by atoms with Crippen LogP contribution in [0.2, 0.25) is 0 Å². The number of aliphatic hydroxyl groups is 1. The van der Waals surface area contributed by atoms with E-state index >= 15 is 0 Å². The summed E-state index contributed by atoms with van der Waals surface area (Å²) in [6.45, 7) is 1.18. The second-order valence-corrected chi connectivity index (χ2v) is 18.4. The summed E-state index contributed by atoms with van der Waals surface area (Å²) in [5.74, 6) is -16.3. The van der Waals surface area contributed by atoms with E-state index in [1.165, 1.54) is 0 Å². The Balaban J connectivity index is 6.37. The molecule has 0 aromatic rings. The number of aliphatic imine (C=N–C) groups is 1.